The van der Waals surface area contributed by atoms with Crippen molar-refractivity contribution < 1.29 is 0 Å². The van der Waals surface area contributed by atoms with Gasteiger partial charge in [-0.05, 0) is 122 Å². The monoisotopic (exact) mass is 664 g/mol. The lowest BCUT2D eigenvalue weighted by atomic mass is 9.47. The van der Waals surface area contributed by atoms with Crippen LogP contribution in [0.3, 0.4) is 0 Å². The summed E-state index contributed by atoms with van der Waals surface area (Å²) in [6.07, 6.45) is 32.3. The van der Waals surface area contributed by atoms with E-state index in [1.165, 1.54) is 81.5 Å². The number of alkyl halides is 1. The summed E-state index contributed by atoms with van der Waals surface area (Å²) < 4.78 is 1.44. The van der Waals surface area contributed by atoms with E-state index in [0.29, 0.717) is 0 Å². The maximum absolute atomic E-state index is 2.87. The van der Waals surface area contributed by atoms with Gasteiger partial charge in [0.25, 0.3) is 0 Å². The zero-order valence-electron chi connectivity index (χ0n) is 27.4. The Hall–Kier alpha value is 0.730. The molecule has 5 rings (SSSR count). The van der Waals surface area contributed by atoms with Crippen molar-refractivity contribution in [2.24, 2.45) is 76.9 Å². The summed E-state index contributed by atoms with van der Waals surface area (Å²) in [7, 11) is 0. The highest BCUT2D eigenvalue weighted by Crippen LogP contribution is 2.60. The minimum atomic E-state index is 0.953. The Bertz CT molecular complexity index is 702. The molecule has 0 saturated heterocycles. The molecule has 5 aliphatic carbocycles. The molecule has 40 heavy (non-hydrogen) atoms. The smallest absolute Gasteiger partial charge is 0.00293 e. The molecule has 0 aliphatic heterocycles. The van der Waals surface area contributed by atoms with Gasteiger partial charge in [0.15, 0.2) is 0 Å². The first-order valence-electron chi connectivity index (χ1n) is 19.1. The fourth-order valence-electron chi connectivity index (χ4n) is 12.5. The molecule has 5 aliphatic rings. The molecule has 5 fully saturated rings. The van der Waals surface area contributed by atoms with E-state index in [1.807, 2.05) is 0 Å². The summed E-state index contributed by atoms with van der Waals surface area (Å²) in [5.41, 5.74) is 0. The molecular weight excluding hydrogens is 595 g/mol. The van der Waals surface area contributed by atoms with E-state index in [0.717, 1.165) is 76.9 Å². The van der Waals surface area contributed by atoms with Gasteiger partial charge in [-0.3, -0.25) is 0 Å². The van der Waals surface area contributed by atoms with Crippen LogP contribution in [-0.4, -0.2) is 4.43 Å². The van der Waals surface area contributed by atoms with Gasteiger partial charge in [0.2, 0.25) is 0 Å². The van der Waals surface area contributed by atoms with Gasteiger partial charge in [-0.15, -0.1) is 0 Å². The minimum Gasteiger partial charge on any atom is -0.0861 e. The standard InChI is InChI=1S/C39H69I/c1-5-34-36(25-28(4)29-19-17-27(3)18-20-29)38(32-15-11-8-12-16-32)35(6-2)37(26-40)39(34)33-23-21-31(22-24-33)30-13-9-7-10-14-30/h27-39H,5-26H2,1-4H3. The van der Waals surface area contributed by atoms with Crippen molar-refractivity contribution in [2.45, 2.75) is 163 Å². The van der Waals surface area contributed by atoms with Gasteiger partial charge >= 0.3 is 0 Å². The van der Waals surface area contributed by atoms with E-state index in [9.17, 15) is 0 Å². The van der Waals surface area contributed by atoms with E-state index < -0.39 is 0 Å². The second kappa shape index (κ2) is 15.6. The van der Waals surface area contributed by atoms with Gasteiger partial charge in [0.1, 0.15) is 0 Å². The third-order valence-electron chi connectivity index (χ3n) is 14.6. The predicted molar refractivity (Wildman–Crippen MR) is 184 cm³/mol. The number of hydrogen-bond donors (Lipinski definition) is 0. The highest BCUT2D eigenvalue weighted by Gasteiger charge is 2.53. The van der Waals surface area contributed by atoms with E-state index in [2.05, 4.69) is 50.3 Å². The predicted octanol–water partition coefficient (Wildman–Crippen LogP) is 12.8. The SMILES string of the molecule is CCC1C(CC(C)C2CCC(C)CC2)C(C2CCCCC2)C(CC)C(CI)C1C1CCC(C2CCCCC2)CC1. The van der Waals surface area contributed by atoms with E-state index >= 15 is 0 Å². The molecular formula is C39H69I. The molecule has 0 spiro atoms. The van der Waals surface area contributed by atoms with Gasteiger partial charge in [-0.2, -0.15) is 0 Å². The number of halogens is 1. The molecule has 1 heteroatoms. The lowest BCUT2D eigenvalue weighted by molar-refractivity contribution is -0.0881. The minimum absolute atomic E-state index is 0.953. The maximum Gasteiger partial charge on any atom is 0.00293 e. The Morgan fingerprint density at radius 2 is 0.975 bits per heavy atom. The van der Waals surface area contributed by atoms with E-state index in [1.54, 1.807) is 57.8 Å². The highest BCUT2D eigenvalue weighted by atomic mass is 127. The second-order valence-corrected chi connectivity index (χ2v) is 17.4. The number of rotatable bonds is 9. The fraction of sp³-hybridized carbons (Fsp3) is 1.00. The van der Waals surface area contributed by atoms with Crippen LogP contribution in [0.5, 0.6) is 0 Å². The van der Waals surface area contributed by atoms with E-state index in [-0.39, 0.29) is 0 Å². The van der Waals surface area contributed by atoms with Gasteiger partial charge in [0.05, 0.1) is 0 Å². The van der Waals surface area contributed by atoms with Crippen LogP contribution in [0.1, 0.15) is 163 Å². The summed E-state index contributed by atoms with van der Waals surface area (Å²) >= 11 is 2.87. The van der Waals surface area contributed by atoms with Gasteiger partial charge < -0.3 is 0 Å². The van der Waals surface area contributed by atoms with Crippen molar-refractivity contribution in [2.75, 3.05) is 4.43 Å². The number of hydrogen-bond acceptors (Lipinski definition) is 0. The van der Waals surface area contributed by atoms with Crippen LogP contribution < -0.4 is 0 Å². The third kappa shape index (κ3) is 7.33. The van der Waals surface area contributed by atoms with E-state index in [4.69, 9.17) is 0 Å². The highest BCUT2D eigenvalue weighted by molar-refractivity contribution is 14.1. The van der Waals surface area contributed by atoms with Crippen LogP contribution in [-0.2, 0) is 0 Å². The zero-order chi connectivity index (χ0) is 28.1. The zero-order valence-corrected chi connectivity index (χ0v) is 29.6. The normalized spacial score (nSPS) is 43.4. The van der Waals surface area contributed by atoms with Gasteiger partial charge in [-0.1, -0.05) is 140 Å². The largest absolute Gasteiger partial charge is 0.0861 e. The topological polar surface area (TPSA) is 0 Å². The van der Waals surface area contributed by atoms with Crippen LogP contribution >= 0.6 is 22.6 Å². The summed E-state index contributed by atoms with van der Waals surface area (Å²) in [5.74, 6) is 13.3. The van der Waals surface area contributed by atoms with Crippen molar-refractivity contribution >= 4 is 22.6 Å². The first kappa shape index (κ1) is 32.1. The Morgan fingerprint density at radius 1 is 0.525 bits per heavy atom. The first-order chi connectivity index (χ1) is 19.5. The molecule has 0 radical (unpaired) electrons. The van der Waals surface area contributed by atoms with Crippen molar-refractivity contribution in [3.63, 3.8) is 0 Å². The maximum atomic E-state index is 2.87. The molecule has 232 valence electrons. The Kier molecular flexibility index (Phi) is 12.6. The summed E-state index contributed by atoms with van der Waals surface area (Å²) in [6.45, 7) is 10.5. The van der Waals surface area contributed by atoms with Crippen LogP contribution in [0.15, 0.2) is 0 Å². The molecule has 0 amide bonds. The quantitative estimate of drug-likeness (QED) is 0.170. The molecule has 5 saturated carbocycles. The van der Waals surface area contributed by atoms with Crippen LogP contribution in [0, 0.1) is 76.9 Å². The Morgan fingerprint density at radius 3 is 1.52 bits per heavy atom. The molecule has 0 heterocycles. The molecule has 0 aromatic carbocycles. The average molecular weight is 665 g/mol. The summed E-state index contributed by atoms with van der Waals surface area (Å²) in [6, 6.07) is 0. The molecule has 0 N–H and O–H groups in total. The molecule has 7 atom stereocenters. The second-order valence-electron chi connectivity index (χ2n) is 16.5. The van der Waals surface area contributed by atoms with Crippen molar-refractivity contribution in [3.05, 3.63) is 0 Å². The average Bonchev–Trinajstić information content (AvgIpc) is 3.01. The lowest BCUT2D eigenvalue weighted by Gasteiger charge is -2.58. The third-order valence-corrected chi connectivity index (χ3v) is 15.6. The van der Waals surface area contributed by atoms with Crippen LogP contribution in [0.2, 0.25) is 0 Å². The Labute approximate surface area is 265 Å². The van der Waals surface area contributed by atoms with Gasteiger partial charge in [0, 0.05) is 4.43 Å². The molecule has 0 aromatic rings. The summed E-state index contributed by atoms with van der Waals surface area (Å²) in [5, 5.41) is 0. The molecule has 0 bridgehead atoms. The molecule has 0 aromatic heterocycles. The van der Waals surface area contributed by atoms with Crippen LogP contribution in [0.4, 0.5) is 0 Å². The fourth-order valence-corrected chi connectivity index (χ4v) is 13.7. The van der Waals surface area contributed by atoms with Crippen LogP contribution in [0.25, 0.3) is 0 Å². The van der Waals surface area contributed by atoms with Gasteiger partial charge in [-0.25, -0.2) is 0 Å². The lowest BCUT2D eigenvalue weighted by Crippen LogP contribution is -2.52. The Balaban J connectivity index is 1.38. The molecule has 0 nitrogen and oxygen atoms in total. The summed E-state index contributed by atoms with van der Waals surface area (Å²) in [4.78, 5) is 0. The molecule has 7 unspecified atom stereocenters. The first-order valence-corrected chi connectivity index (χ1v) is 20.6. The van der Waals surface area contributed by atoms with Crippen molar-refractivity contribution in [3.8, 4) is 0 Å². The van der Waals surface area contributed by atoms with Crippen molar-refractivity contribution in [1.29, 1.82) is 0 Å². The van der Waals surface area contributed by atoms with Crippen molar-refractivity contribution in [1.82, 2.24) is 0 Å².